The maximum Gasteiger partial charge on any atom is 0.164 e. The van der Waals surface area contributed by atoms with Gasteiger partial charge in [0.05, 0.1) is 22.1 Å². The standard InChI is InChI=1S/C57H38N5OP/c1-3-24-45(25-4-1)64(46-26-5-2-6-27-46)63-44-23-17-20-41(38-44)57-59-55(39-18-15-21-42(36-39)61-51-32-11-7-28-47(51)48-29-8-12-33-52(48)61)58-56(60-57)40-19-16-22-43(37-40)62-53-34-13-9-30-49(53)50-31-10-14-35-54(50)62/h1-38H. The Morgan fingerprint density at radius 1 is 0.312 bits per heavy atom. The van der Waals surface area contributed by atoms with Gasteiger partial charge in [-0.3, -0.25) is 0 Å². The van der Waals surface area contributed by atoms with Gasteiger partial charge in [0.25, 0.3) is 0 Å². The van der Waals surface area contributed by atoms with Crippen molar-refractivity contribution in [2.45, 2.75) is 0 Å². The lowest BCUT2D eigenvalue weighted by Gasteiger charge is -2.19. The largest absolute Gasteiger partial charge is 0.464 e. The molecule has 0 radical (unpaired) electrons. The van der Waals surface area contributed by atoms with Gasteiger partial charge in [-0.05, 0) is 60.7 Å². The van der Waals surface area contributed by atoms with Gasteiger partial charge in [0.2, 0.25) is 0 Å². The number of aromatic nitrogens is 5. The van der Waals surface area contributed by atoms with Gasteiger partial charge in [-0.25, -0.2) is 15.0 Å². The monoisotopic (exact) mass is 839 g/mol. The lowest BCUT2D eigenvalue weighted by molar-refractivity contribution is 0.630. The number of nitrogens with zero attached hydrogens (tertiary/aromatic N) is 5. The molecular weight excluding hydrogens is 802 g/mol. The summed E-state index contributed by atoms with van der Waals surface area (Å²) in [4.78, 5) is 15.8. The first-order valence-electron chi connectivity index (χ1n) is 21.4. The van der Waals surface area contributed by atoms with Gasteiger partial charge in [0.15, 0.2) is 25.6 Å². The van der Waals surface area contributed by atoms with Crippen LogP contribution in [0.2, 0.25) is 0 Å². The zero-order chi connectivity index (χ0) is 42.4. The number of fused-ring (bicyclic) bond motifs is 6. The quantitative estimate of drug-likeness (QED) is 0.136. The molecule has 9 aromatic carbocycles. The first-order chi connectivity index (χ1) is 31.7. The van der Waals surface area contributed by atoms with Gasteiger partial charge in [0, 0.05) is 60.2 Å². The third kappa shape index (κ3) is 6.69. The molecule has 0 aliphatic rings. The lowest BCUT2D eigenvalue weighted by Crippen LogP contribution is -2.15. The van der Waals surface area contributed by atoms with E-state index in [-0.39, 0.29) is 0 Å². The Balaban J connectivity index is 1.01. The zero-order valence-corrected chi connectivity index (χ0v) is 35.4. The molecule has 0 N–H and O–H groups in total. The molecule has 0 saturated heterocycles. The van der Waals surface area contributed by atoms with Crippen LogP contribution in [0.15, 0.2) is 231 Å². The lowest BCUT2D eigenvalue weighted by atomic mass is 10.1. The molecule has 7 heteroatoms. The van der Waals surface area contributed by atoms with E-state index in [2.05, 4.69) is 203 Å². The molecule has 0 spiro atoms. The van der Waals surface area contributed by atoms with Gasteiger partial charge < -0.3 is 13.7 Å². The van der Waals surface area contributed by atoms with Crippen LogP contribution in [-0.2, 0) is 0 Å². The molecule has 0 atom stereocenters. The van der Waals surface area contributed by atoms with Gasteiger partial charge >= 0.3 is 0 Å². The molecule has 0 bridgehead atoms. The van der Waals surface area contributed by atoms with Crippen molar-refractivity contribution in [1.82, 2.24) is 24.1 Å². The van der Waals surface area contributed by atoms with E-state index in [1.54, 1.807) is 0 Å². The van der Waals surface area contributed by atoms with Gasteiger partial charge in [-0.1, -0.05) is 170 Å². The summed E-state index contributed by atoms with van der Waals surface area (Å²) in [6, 6.07) is 80.3. The van der Waals surface area contributed by atoms with Crippen LogP contribution in [0.25, 0.3) is 89.2 Å². The Labute approximate surface area is 371 Å². The van der Waals surface area contributed by atoms with E-state index in [1.807, 2.05) is 36.4 Å². The normalized spacial score (nSPS) is 11.6. The zero-order valence-electron chi connectivity index (χ0n) is 34.5. The second kappa shape index (κ2) is 15.9. The second-order valence-corrected chi connectivity index (χ2v) is 17.5. The van der Waals surface area contributed by atoms with Crippen LogP contribution >= 0.6 is 8.15 Å². The molecule has 302 valence electrons. The Bertz CT molecular complexity index is 3350. The Kier molecular flexibility index (Phi) is 9.36. The van der Waals surface area contributed by atoms with Crippen molar-refractivity contribution < 1.29 is 4.52 Å². The van der Waals surface area contributed by atoms with Crippen LogP contribution in [0.5, 0.6) is 5.75 Å². The predicted molar refractivity (Wildman–Crippen MR) is 265 cm³/mol. The summed E-state index contributed by atoms with van der Waals surface area (Å²) >= 11 is 0. The summed E-state index contributed by atoms with van der Waals surface area (Å²) in [5.74, 6) is 2.44. The molecule has 6 nitrogen and oxygen atoms in total. The van der Waals surface area contributed by atoms with Crippen LogP contribution in [-0.4, -0.2) is 24.1 Å². The topological polar surface area (TPSA) is 57.8 Å². The van der Waals surface area contributed by atoms with Gasteiger partial charge in [0.1, 0.15) is 5.75 Å². The van der Waals surface area contributed by atoms with Crippen molar-refractivity contribution in [1.29, 1.82) is 0 Å². The molecule has 3 heterocycles. The van der Waals surface area contributed by atoms with Crippen LogP contribution in [0.1, 0.15) is 0 Å². The minimum absolute atomic E-state index is 0.554. The second-order valence-electron chi connectivity index (χ2n) is 15.7. The van der Waals surface area contributed by atoms with E-state index >= 15 is 0 Å². The Hall–Kier alpha value is -8.18. The van der Waals surface area contributed by atoms with Crippen molar-refractivity contribution >= 4 is 62.4 Å². The summed E-state index contributed by atoms with van der Waals surface area (Å²) in [6.45, 7) is 0. The van der Waals surface area contributed by atoms with Crippen LogP contribution in [0.4, 0.5) is 0 Å². The molecule has 12 rings (SSSR count). The fourth-order valence-electron chi connectivity index (χ4n) is 8.91. The molecule has 0 aliphatic carbocycles. The number of para-hydroxylation sites is 4. The summed E-state index contributed by atoms with van der Waals surface area (Å²) in [5.41, 5.74) is 9.21. The first kappa shape index (κ1) is 37.6. The predicted octanol–water partition coefficient (Wildman–Crippen LogP) is 13.5. The number of rotatable bonds is 9. The molecule has 3 aromatic heterocycles. The van der Waals surface area contributed by atoms with Gasteiger partial charge in [-0.2, -0.15) is 0 Å². The highest BCUT2D eigenvalue weighted by Crippen LogP contribution is 2.39. The number of hydrogen-bond acceptors (Lipinski definition) is 4. The third-order valence-electron chi connectivity index (χ3n) is 11.8. The van der Waals surface area contributed by atoms with Crippen molar-refractivity contribution in [3.63, 3.8) is 0 Å². The highest BCUT2D eigenvalue weighted by molar-refractivity contribution is 7.68. The van der Waals surface area contributed by atoms with E-state index in [9.17, 15) is 0 Å². The van der Waals surface area contributed by atoms with E-state index in [4.69, 9.17) is 19.5 Å². The molecule has 0 unspecified atom stereocenters. The van der Waals surface area contributed by atoms with Crippen molar-refractivity contribution in [3.05, 3.63) is 231 Å². The first-order valence-corrected chi connectivity index (χ1v) is 22.6. The van der Waals surface area contributed by atoms with Crippen LogP contribution < -0.4 is 15.1 Å². The average Bonchev–Trinajstić information content (AvgIpc) is 3.89. The summed E-state index contributed by atoms with van der Waals surface area (Å²) in [5, 5.41) is 7.10. The molecular formula is C57H38N5OP. The smallest absolute Gasteiger partial charge is 0.164 e. The number of benzene rings is 9. The summed E-state index contributed by atoms with van der Waals surface area (Å²) in [7, 11) is -1.15. The molecule has 12 aromatic rings. The maximum absolute atomic E-state index is 6.92. The molecule has 0 saturated carbocycles. The average molecular weight is 840 g/mol. The van der Waals surface area contributed by atoms with E-state index < -0.39 is 8.15 Å². The highest BCUT2D eigenvalue weighted by Gasteiger charge is 2.20. The molecule has 64 heavy (non-hydrogen) atoms. The Morgan fingerprint density at radius 2 is 0.656 bits per heavy atom. The van der Waals surface area contributed by atoms with Crippen molar-refractivity contribution in [3.8, 4) is 51.3 Å². The van der Waals surface area contributed by atoms with E-state index in [0.29, 0.717) is 17.5 Å². The maximum atomic E-state index is 6.92. The fraction of sp³-hybridized carbons (Fsp3) is 0. The number of hydrogen-bond donors (Lipinski definition) is 0. The highest BCUT2D eigenvalue weighted by atomic mass is 31.1. The summed E-state index contributed by atoms with van der Waals surface area (Å²) < 4.78 is 11.6. The molecule has 0 aliphatic heterocycles. The minimum Gasteiger partial charge on any atom is -0.464 e. The third-order valence-corrected chi connectivity index (χ3v) is 13.7. The minimum atomic E-state index is -1.15. The van der Waals surface area contributed by atoms with Crippen LogP contribution in [0.3, 0.4) is 0 Å². The fourth-order valence-corrected chi connectivity index (χ4v) is 10.6. The molecule has 0 fully saturated rings. The van der Waals surface area contributed by atoms with Gasteiger partial charge in [-0.15, -0.1) is 0 Å². The van der Waals surface area contributed by atoms with E-state index in [0.717, 1.165) is 66.5 Å². The van der Waals surface area contributed by atoms with Crippen molar-refractivity contribution in [2.75, 3.05) is 0 Å². The molecule has 0 amide bonds. The van der Waals surface area contributed by atoms with Crippen LogP contribution in [0, 0.1) is 0 Å². The van der Waals surface area contributed by atoms with Crippen molar-refractivity contribution in [2.24, 2.45) is 0 Å². The SMILES string of the molecule is c1ccc(P(Oc2cccc(-c3nc(-c4cccc(-n5c6ccccc6c6ccccc65)c4)nc(-c4cccc(-n5c6ccccc6c6ccccc65)c4)n3)c2)c2ccccc2)cc1. The summed E-state index contributed by atoms with van der Waals surface area (Å²) in [6.07, 6.45) is 0. The Morgan fingerprint density at radius 3 is 1.06 bits per heavy atom. The van der Waals surface area contributed by atoms with E-state index in [1.165, 1.54) is 21.5 Å².